The van der Waals surface area contributed by atoms with Crippen LogP contribution in [0, 0.1) is 5.92 Å². The first-order valence-corrected chi connectivity index (χ1v) is 7.66. The van der Waals surface area contributed by atoms with Crippen molar-refractivity contribution in [3.8, 4) is 0 Å². The van der Waals surface area contributed by atoms with Crippen molar-refractivity contribution in [3.63, 3.8) is 0 Å². The normalized spacial score (nSPS) is 11.8. The predicted octanol–water partition coefficient (Wildman–Crippen LogP) is 0.449. The lowest BCUT2D eigenvalue weighted by molar-refractivity contribution is -0.141. The molecule has 25 heavy (non-hydrogen) atoms. The fourth-order valence-electron chi connectivity index (χ4n) is 2.26. The highest BCUT2D eigenvalue weighted by atomic mass is 16.4. The van der Waals surface area contributed by atoms with Crippen molar-refractivity contribution in [3.05, 3.63) is 62.9 Å². The van der Waals surface area contributed by atoms with Crippen molar-refractivity contribution < 1.29 is 14.7 Å². The lowest BCUT2D eigenvalue weighted by atomic mass is 10.0. The molecule has 0 aliphatic heterocycles. The van der Waals surface area contributed by atoms with Gasteiger partial charge in [-0.3, -0.25) is 23.5 Å². The van der Waals surface area contributed by atoms with E-state index in [9.17, 15) is 19.2 Å². The maximum atomic E-state index is 12.0. The fraction of sp³-hybridized carbons (Fsp3) is 0.294. The lowest BCUT2D eigenvalue weighted by Gasteiger charge is -2.10. The third kappa shape index (κ3) is 4.66. The zero-order valence-electron chi connectivity index (χ0n) is 13.9. The summed E-state index contributed by atoms with van der Waals surface area (Å²) in [6, 6.07) is 8.05. The Kier molecular flexibility index (Phi) is 5.53. The number of amides is 1. The molecule has 0 spiro atoms. The Morgan fingerprint density at radius 3 is 2.40 bits per heavy atom. The molecule has 8 nitrogen and oxygen atoms in total. The molecule has 1 heterocycles. The minimum atomic E-state index is -0.861. The lowest BCUT2D eigenvalue weighted by Crippen LogP contribution is -2.38. The average Bonchev–Trinajstić information content (AvgIpc) is 2.57. The third-order valence-electron chi connectivity index (χ3n) is 3.78. The van der Waals surface area contributed by atoms with Gasteiger partial charge in [0.1, 0.15) is 6.54 Å². The molecule has 2 rings (SSSR count). The number of nitrogens with one attached hydrogen (secondary N) is 1. The van der Waals surface area contributed by atoms with Crippen LogP contribution in [-0.2, 0) is 29.6 Å². The summed E-state index contributed by atoms with van der Waals surface area (Å²) in [5.74, 6) is -1.76. The zero-order chi connectivity index (χ0) is 18.6. The Balaban J connectivity index is 2.01. The number of carbonyl (C=O) groups excluding carboxylic acids is 1. The maximum absolute atomic E-state index is 12.0. The van der Waals surface area contributed by atoms with Crippen LogP contribution >= 0.6 is 0 Å². The fourth-order valence-corrected chi connectivity index (χ4v) is 2.26. The van der Waals surface area contributed by atoms with E-state index in [0.29, 0.717) is 12.1 Å². The van der Waals surface area contributed by atoms with Crippen LogP contribution in [0.25, 0.3) is 0 Å². The molecule has 8 heteroatoms. The van der Waals surface area contributed by atoms with E-state index in [1.165, 1.54) is 19.3 Å². The molecule has 0 fully saturated rings. The van der Waals surface area contributed by atoms with E-state index in [4.69, 9.17) is 5.11 Å². The van der Waals surface area contributed by atoms with E-state index in [1.807, 2.05) is 0 Å². The van der Waals surface area contributed by atoms with E-state index in [2.05, 4.69) is 5.32 Å². The number of aromatic nitrogens is 2. The van der Waals surface area contributed by atoms with Crippen LogP contribution in [-0.4, -0.2) is 26.1 Å². The van der Waals surface area contributed by atoms with E-state index in [0.717, 1.165) is 14.7 Å². The number of carboxylic acids is 1. The number of carboxylic acid groups (broad SMARTS) is 1. The quantitative estimate of drug-likeness (QED) is 0.790. The smallest absolute Gasteiger partial charge is 0.331 e. The monoisotopic (exact) mass is 345 g/mol. The van der Waals surface area contributed by atoms with Gasteiger partial charge in [-0.05, 0) is 24.1 Å². The molecule has 1 amide bonds. The second-order valence-corrected chi connectivity index (χ2v) is 5.81. The molecule has 2 N–H and O–H groups in total. The summed E-state index contributed by atoms with van der Waals surface area (Å²) < 4.78 is 2.06. The van der Waals surface area contributed by atoms with Crippen LogP contribution in [0.15, 0.2) is 46.1 Å². The first kappa shape index (κ1) is 18.2. The summed E-state index contributed by atoms with van der Waals surface area (Å²) in [6.07, 6.45) is 1.68. The first-order valence-electron chi connectivity index (χ1n) is 7.66. The number of nitrogens with zero attached hydrogens (tertiary/aromatic N) is 2. The average molecular weight is 345 g/mol. The number of carbonyl (C=O) groups is 2. The second kappa shape index (κ2) is 7.61. The highest BCUT2D eigenvalue weighted by molar-refractivity contribution is 5.90. The van der Waals surface area contributed by atoms with Crippen molar-refractivity contribution in [1.82, 2.24) is 9.13 Å². The molecule has 2 aromatic rings. The molecule has 132 valence electrons. The minimum absolute atomic E-state index is 0.218. The summed E-state index contributed by atoms with van der Waals surface area (Å²) in [5, 5.41) is 11.6. The van der Waals surface area contributed by atoms with E-state index >= 15 is 0 Å². The second-order valence-electron chi connectivity index (χ2n) is 5.81. The van der Waals surface area contributed by atoms with E-state index in [-0.39, 0.29) is 6.54 Å². The Labute approximate surface area is 143 Å². The zero-order valence-corrected chi connectivity index (χ0v) is 13.9. The topological polar surface area (TPSA) is 110 Å². The molecule has 1 unspecified atom stereocenters. The van der Waals surface area contributed by atoms with Gasteiger partial charge in [0.15, 0.2) is 0 Å². The summed E-state index contributed by atoms with van der Waals surface area (Å²) in [7, 11) is 1.34. The first-order chi connectivity index (χ1) is 11.8. The largest absolute Gasteiger partial charge is 0.481 e. The van der Waals surface area contributed by atoms with Crippen molar-refractivity contribution >= 4 is 17.6 Å². The van der Waals surface area contributed by atoms with Gasteiger partial charge in [0.05, 0.1) is 5.92 Å². The van der Waals surface area contributed by atoms with Crippen LogP contribution in [0.3, 0.4) is 0 Å². The SMILES string of the molecule is CC(Cc1ccc(NC(=O)Cn2ccc(=O)n(C)c2=O)cc1)C(=O)O. The number of hydrogen-bond donors (Lipinski definition) is 2. The predicted molar refractivity (Wildman–Crippen MR) is 91.5 cm³/mol. The molecule has 0 aliphatic rings. The number of aliphatic carboxylic acids is 1. The molecule has 1 aromatic heterocycles. The standard InChI is InChI=1S/C17H19N3O5/c1-11(16(23)24)9-12-3-5-13(6-4-12)18-14(21)10-20-8-7-15(22)19(2)17(20)25/h3-8,11H,9-10H2,1-2H3,(H,18,21)(H,23,24). The number of rotatable bonds is 6. The van der Waals surface area contributed by atoms with Crippen molar-refractivity contribution in [2.75, 3.05) is 5.32 Å². The molecule has 0 aliphatic carbocycles. The van der Waals surface area contributed by atoms with Gasteiger partial charge in [-0.15, -0.1) is 0 Å². The van der Waals surface area contributed by atoms with Gasteiger partial charge in [0.2, 0.25) is 5.91 Å². The molecule has 0 saturated heterocycles. The van der Waals surface area contributed by atoms with Crippen molar-refractivity contribution in [2.45, 2.75) is 19.9 Å². The minimum Gasteiger partial charge on any atom is -0.481 e. The molecule has 0 radical (unpaired) electrons. The molecular formula is C17H19N3O5. The van der Waals surface area contributed by atoms with Crippen molar-refractivity contribution in [2.24, 2.45) is 13.0 Å². The van der Waals surface area contributed by atoms with Crippen LogP contribution < -0.4 is 16.6 Å². The van der Waals surface area contributed by atoms with Gasteiger partial charge < -0.3 is 10.4 Å². The molecule has 0 saturated carbocycles. The van der Waals surface area contributed by atoms with E-state index in [1.54, 1.807) is 31.2 Å². The number of benzene rings is 1. The third-order valence-corrected chi connectivity index (χ3v) is 3.78. The summed E-state index contributed by atoms with van der Waals surface area (Å²) in [4.78, 5) is 46.1. The Morgan fingerprint density at radius 2 is 1.80 bits per heavy atom. The highest BCUT2D eigenvalue weighted by Gasteiger charge is 2.12. The molecule has 1 atom stereocenters. The molecule has 1 aromatic carbocycles. The number of hydrogen-bond acceptors (Lipinski definition) is 4. The van der Waals surface area contributed by atoms with Gasteiger partial charge in [0, 0.05) is 25.0 Å². The highest BCUT2D eigenvalue weighted by Crippen LogP contribution is 2.13. The van der Waals surface area contributed by atoms with Gasteiger partial charge in [0.25, 0.3) is 5.56 Å². The maximum Gasteiger partial charge on any atom is 0.331 e. The van der Waals surface area contributed by atoms with Crippen LogP contribution in [0.1, 0.15) is 12.5 Å². The Hall–Kier alpha value is -3.16. The molecule has 0 bridgehead atoms. The summed E-state index contributed by atoms with van der Waals surface area (Å²) in [5.41, 5.74) is 0.380. The van der Waals surface area contributed by atoms with Crippen LogP contribution in [0.2, 0.25) is 0 Å². The summed E-state index contributed by atoms with van der Waals surface area (Å²) >= 11 is 0. The van der Waals surface area contributed by atoms with Gasteiger partial charge >= 0.3 is 11.7 Å². The van der Waals surface area contributed by atoms with Gasteiger partial charge in [-0.1, -0.05) is 19.1 Å². The number of anilines is 1. The van der Waals surface area contributed by atoms with E-state index < -0.39 is 29.0 Å². The Bertz CT molecular complexity index is 896. The van der Waals surface area contributed by atoms with Crippen LogP contribution in [0.5, 0.6) is 0 Å². The van der Waals surface area contributed by atoms with Crippen LogP contribution in [0.4, 0.5) is 5.69 Å². The van der Waals surface area contributed by atoms with Gasteiger partial charge in [-0.25, -0.2) is 4.79 Å². The van der Waals surface area contributed by atoms with Crippen molar-refractivity contribution in [1.29, 1.82) is 0 Å². The Morgan fingerprint density at radius 1 is 1.16 bits per heavy atom. The summed E-state index contributed by atoms with van der Waals surface area (Å²) in [6.45, 7) is 1.41. The van der Waals surface area contributed by atoms with Gasteiger partial charge in [-0.2, -0.15) is 0 Å². The molecular weight excluding hydrogens is 326 g/mol.